The van der Waals surface area contributed by atoms with Crippen LogP contribution < -0.4 is 11.1 Å². The van der Waals surface area contributed by atoms with E-state index in [1.54, 1.807) is 18.5 Å². The van der Waals surface area contributed by atoms with E-state index >= 15 is 0 Å². The second-order valence-electron chi connectivity index (χ2n) is 3.92. The number of nitrogens with two attached hydrogens (primary N) is 1. The molecule has 0 saturated carbocycles. The van der Waals surface area contributed by atoms with Crippen molar-refractivity contribution in [3.05, 3.63) is 47.8 Å². The second kappa shape index (κ2) is 4.75. The molecule has 18 heavy (non-hydrogen) atoms. The highest BCUT2D eigenvalue weighted by Gasteiger charge is 2.07. The molecule has 4 N–H and O–H groups in total. The third-order valence-corrected chi connectivity index (χ3v) is 2.61. The average Bonchev–Trinajstić information content (AvgIpc) is 2.34. The van der Waals surface area contributed by atoms with Crippen molar-refractivity contribution < 1.29 is 9.90 Å². The number of carboxylic acids is 1. The van der Waals surface area contributed by atoms with Gasteiger partial charge in [-0.1, -0.05) is 0 Å². The van der Waals surface area contributed by atoms with E-state index in [9.17, 15) is 4.79 Å². The van der Waals surface area contributed by atoms with Crippen LogP contribution in [0.1, 0.15) is 15.9 Å². The lowest BCUT2D eigenvalue weighted by atomic mass is 10.1. The molecule has 5 heteroatoms. The van der Waals surface area contributed by atoms with Gasteiger partial charge in [0.1, 0.15) is 0 Å². The molecule has 0 aliphatic rings. The molecule has 0 unspecified atom stereocenters. The van der Waals surface area contributed by atoms with Gasteiger partial charge in [0.15, 0.2) is 0 Å². The highest BCUT2D eigenvalue weighted by molar-refractivity contribution is 5.90. The van der Waals surface area contributed by atoms with Gasteiger partial charge < -0.3 is 16.2 Å². The highest BCUT2D eigenvalue weighted by Crippen LogP contribution is 2.25. The Hall–Kier alpha value is -2.56. The maximum Gasteiger partial charge on any atom is 0.335 e. The monoisotopic (exact) mass is 243 g/mol. The Bertz CT molecular complexity index is 597. The largest absolute Gasteiger partial charge is 0.478 e. The topological polar surface area (TPSA) is 88.2 Å². The summed E-state index contributed by atoms with van der Waals surface area (Å²) in [5, 5.41) is 12.0. The van der Waals surface area contributed by atoms with Crippen molar-refractivity contribution in [3.8, 4) is 0 Å². The van der Waals surface area contributed by atoms with Gasteiger partial charge in [-0.3, -0.25) is 4.98 Å². The quantitative estimate of drug-likeness (QED) is 0.720. The maximum atomic E-state index is 10.8. The molecule has 0 fully saturated rings. The van der Waals surface area contributed by atoms with Crippen molar-refractivity contribution >= 4 is 23.0 Å². The van der Waals surface area contributed by atoms with E-state index in [0.29, 0.717) is 11.4 Å². The number of carboxylic acid groups (broad SMARTS) is 1. The van der Waals surface area contributed by atoms with Crippen LogP contribution in [0.4, 0.5) is 17.1 Å². The zero-order valence-electron chi connectivity index (χ0n) is 9.84. The number of aromatic nitrogens is 1. The molecule has 0 amide bonds. The molecule has 1 aromatic carbocycles. The SMILES string of the molecule is Cc1ccncc1Nc1ccc(C(=O)O)cc1N. The minimum atomic E-state index is -0.995. The highest BCUT2D eigenvalue weighted by atomic mass is 16.4. The lowest BCUT2D eigenvalue weighted by Crippen LogP contribution is -2.02. The van der Waals surface area contributed by atoms with E-state index in [0.717, 1.165) is 11.3 Å². The number of nitrogens with zero attached hydrogens (tertiary/aromatic N) is 1. The van der Waals surface area contributed by atoms with Crippen molar-refractivity contribution in [3.63, 3.8) is 0 Å². The third-order valence-electron chi connectivity index (χ3n) is 2.61. The molecular formula is C13H13N3O2. The number of nitrogens with one attached hydrogen (secondary N) is 1. The molecule has 2 rings (SSSR count). The molecule has 0 spiro atoms. The Labute approximate surface area is 104 Å². The molecule has 1 aromatic heterocycles. The number of nitrogen functional groups attached to an aromatic ring is 1. The van der Waals surface area contributed by atoms with Crippen LogP contribution in [0.15, 0.2) is 36.7 Å². The van der Waals surface area contributed by atoms with Gasteiger partial charge in [-0.05, 0) is 36.8 Å². The number of anilines is 3. The van der Waals surface area contributed by atoms with E-state index < -0.39 is 5.97 Å². The van der Waals surface area contributed by atoms with E-state index in [4.69, 9.17) is 10.8 Å². The molecule has 1 heterocycles. The second-order valence-corrected chi connectivity index (χ2v) is 3.92. The molecule has 5 nitrogen and oxygen atoms in total. The van der Waals surface area contributed by atoms with Crippen LogP contribution in [0.3, 0.4) is 0 Å². The van der Waals surface area contributed by atoms with Gasteiger partial charge in [-0.2, -0.15) is 0 Å². The minimum absolute atomic E-state index is 0.168. The third kappa shape index (κ3) is 2.40. The number of aryl methyl sites for hydroxylation is 1. The summed E-state index contributed by atoms with van der Waals surface area (Å²) in [4.78, 5) is 14.8. The standard InChI is InChI=1S/C13H13N3O2/c1-8-4-5-15-7-12(8)16-11-3-2-9(13(17)18)6-10(11)14/h2-7,16H,14H2,1H3,(H,17,18). The van der Waals surface area contributed by atoms with Gasteiger partial charge in [0.25, 0.3) is 0 Å². The molecular weight excluding hydrogens is 230 g/mol. The first kappa shape index (κ1) is 11.9. The fourth-order valence-electron chi connectivity index (χ4n) is 1.55. The molecule has 0 atom stereocenters. The van der Waals surface area contributed by atoms with Crippen molar-refractivity contribution in [2.24, 2.45) is 0 Å². The van der Waals surface area contributed by atoms with Crippen LogP contribution in [-0.2, 0) is 0 Å². The number of rotatable bonds is 3. The Morgan fingerprint density at radius 3 is 2.72 bits per heavy atom. The summed E-state index contributed by atoms with van der Waals surface area (Å²) >= 11 is 0. The average molecular weight is 243 g/mol. The minimum Gasteiger partial charge on any atom is -0.478 e. The molecule has 2 aromatic rings. The van der Waals surface area contributed by atoms with Crippen LogP contribution in [0.5, 0.6) is 0 Å². The Balaban J connectivity index is 2.30. The predicted molar refractivity (Wildman–Crippen MR) is 70.1 cm³/mol. The van der Waals surface area contributed by atoms with Crippen molar-refractivity contribution in [2.75, 3.05) is 11.1 Å². The first-order valence-corrected chi connectivity index (χ1v) is 5.38. The van der Waals surface area contributed by atoms with Gasteiger partial charge in [-0.25, -0.2) is 4.79 Å². The zero-order chi connectivity index (χ0) is 13.1. The van der Waals surface area contributed by atoms with E-state index in [-0.39, 0.29) is 5.56 Å². The Morgan fingerprint density at radius 2 is 2.11 bits per heavy atom. The predicted octanol–water partition coefficient (Wildman–Crippen LogP) is 2.41. The molecule has 0 aliphatic carbocycles. The Morgan fingerprint density at radius 1 is 1.33 bits per heavy atom. The lowest BCUT2D eigenvalue weighted by Gasteiger charge is -2.11. The molecule has 0 saturated heterocycles. The van der Waals surface area contributed by atoms with Crippen LogP contribution >= 0.6 is 0 Å². The summed E-state index contributed by atoms with van der Waals surface area (Å²) in [6.07, 6.45) is 3.40. The fourth-order valence-corrected chi connectivity index (χ4v) is 1.55. The maximum absolute atomic E-state index is 10.8. The van der Waals surface area contributed by atoms with E-state index in [1.165, 1.54) is 12.1 Å². The van der Waals surface area contributed by atoms with E-state index in [2.05, 4.69) is 10.3 Å². The summed E-state index contributed by atoms with van der Waals surface area (Å²) in [6, 6.07) is 6.46. The zero-order valence-corrected chi connectivity index (χ0v) is 9.84. The number of hydrogen-bond donors (Lipinski definition) is 3. The molecule has 0 bridgehead atoms. The lowest BCUT2D eigenvalue weighted by molar-refractivity contribution is 0.0697. The van der Waals surface area contributed by atoms with Crippen LogP contribution in [0, 0.1) is 6.92 Å². The van der Waals surface area contributed by atoms with Crippen LogP contribution in [0.2, 0.25) is 0 Å². The first-order valence-electron chi connectivity index (χ1n) is 5.38. The summed E-state index contributed by atoms with van der Waals surface area (Å²) in [5.41, 5.74) is 8.90. The van der Waals surface area contributed by atoms with Crippen LogP contribution in [-0.4, -0.2) is 16.1 Å². The number of hydrogen-bond acceptors (Lipinski definition) is 4. The van der Waals surface area contributed by atoms with E-state index in [1.807, 2.05) is 13.0 Å². The summed E-state index contributed by atoms with van der Waals surface area (Å²) in [5.74, 6) is -0.995. The number of benzene rings is 1. The van der Waals surface area contributed by atoms with Gasteiger partial charge in [0.05, 0.1) is 28.8 Å². The normalized spacial score (nSPS) is 10.1. The molecule has 0 aliphatic heterocycles. The number of carbonyl (C=O) groups is 1. The van der Waals surface area contributed by atoms with Crippen molar-refractivity contribution in [2.45, 2.75) is 6.92 Å². The van der Waals surface area contributed by atoms with Gasteiger partial charge in [-0.15, -0.1) is 0 Å². The summed E-state index contributed by atoms with van der Waals surface area (Å²) in [6.45, 7) is 1.95. The van der Waals surface area contributed by atoms with Crippen LogP contribution in [0.25, 0.3) is 0 Å². The number of pyridine rings is 1. The summed E-state index contributed by atoms with van der Waals surface area (Å²) < 4.78 is 0. The van der Waals surface area contributed by atoms with Crippen molar-refractivity contribution in [1.82, 2.24) is 4.98 Å². The number of aromatic carboxylic acids is 1. The fraction of sp³-hybridized carbons (Fsp3) is 0.0769. The Kier molecular flexibility index (Phi) is 3.14. The van der Waals surface area contributed by atoms with Gasteiger partial charge in [0.2, 0.25) is 0 Å². The first-order chi connectivity index (χ1) is 8.58. The summed E-state index contributed by atoms with van der Waals surface area (Å²) in [7, 11) is 0. The van der Waals surface area contributed by atoms with Gasteiger partial charge >= 0.3 is 5.97 Å². The molecule has 92 valence electrons. The molecule has 0 radical (unpaired) electrons. The van der Waals surface area contributed by atoms with Gasteiger partial charge in [0, 0.05) is 6.20 Å². The van der Waals surface area contributed by atoms with Crippen molar-refractivity contribution in [1.29, 1.82) is 0 Å². The smallest absolute Gasteiger partial charge is 0.335 e.